The van der Waals surface area contributed by atoms with E-state index in [0.29, 0.717) is 6.54 Å². The van der Waals surface area contributed by atoms with Crippen LogP contribution in [0.15, 0.2) is 0 Å². The van der Waals surface area contributed by atoms with E-state index in [1.165, 1.54) is 0 Å². The van der Waals surface area contributed by atoms with Crippen LogP contribution in [0, 0.1) is 5.41 Å². The van der Waals surface area contributed by atoms with E-state index in [9.17, 15) is 4.79 Å². The Morgan fingerprint density at radius 1 is 1.53 bits per heavy atom. The molecule has 1 atom stereocenters. The Hall–Kier alpha value is -0.650. The van der Waals surface area contributed by atoms with Gasteiger partial charge in [0.25, 0.3) is 0 Å². The van der Waals surface area contributed by atoms with Crippen molar-refractivity contribution >= 4 is 5.91 Å². The second-order valence-corrected chi connectivity index (χ2v) is 5.35. The molecule has 0 aromatic heterocycles. The first-order valence-electron chi connectivity index (χ1n) is 6.19. The zero-order valence-corrected chi connectivity index (χ0v) is 11.4. The molecule has 1 heterocycles. The Bertz CT molecular complexity index is 256. The highest BCUT2D eigenvalue weighted by molar-refractivity contribution is 5.81. The predicted octanol–water partition coefficient (Wildman–Crippen LogP) is -0.321. The second kappa shape index (κ2) is 6.33. The van der Waals surface area contributed by atoms with Crippen LogP contribution in [0.5, 0.6) is 0 Å². The van der Waals surface area contributed by atoms with Gasteiger partial charge in [0.2, 0.25) is 5.91 Å². The maximum absolute atomic E-state index is 11.6. The summed E-state index contributed by atoms with van der Waals surface area (Å²) in [6.45, 7) is 8.08. The summed E-state index contributed by atoms with van der Waals surface area (Å²) in [6, 6.07) is 0. The van der Waals surface area contributed by atoms with E-state index in [1.54, 1.807) is 7.05 Å². The average molecular weight is 243 g/mol. The third-order valence-electron chi connectivity index (χ3n) is 3.12. The number of rotatable bonds is 5. The van der Waals surface area contributed by atoms with E-state index in [4.69, 9.17) is 4.74 Å². The first-order valence-corrected chi connectivity index (χ1v) is 6.19. The molecule has 17 heavy (non-hydrogen) atoms. The number of nitrogens with one attached hydrogen (secondary N) is 2. The highest BCUT2D eigenvalue weighted by Crippen LogP contribution is 2.13. The SMILES string of the molecule is CNC(=O)C(C)(C)CNCC1CN(C)CCO1. The van der Waals surface area contributed by atoms with Crippen molar-refractivity contribution in [3.05, 3.63) is 0 Å². The number of carbonyl (C=O) groups excluding carboxylic acids is 1. The zero-order chi connectivity index (χ0) is 12.9. The molecule has 0 bridgehead atoms. The van der Waals surface area contributed by atoms with Gasteiger partial charge in [-0.1, -0.05) is 0 Å². The van der Waals surface area contributed by atoms with Gasteiger partial charge in [0.15, 0.2) is 0 Å². The minimum Gasteiger partial charge on any atom is -0.374 e. The van der Waals surface area contributed by atoms with Gasteiger partial charge < -0.3 is 20.3 Å². The van der Waals surface area contributed by atoms with Gasteiger partial charge in [-0.15, -0.1) is 0 Å². The number of nitrogens with zero attached hydrogens (tertiary/aromatic N) is 1. The molecule has 5 nitrogen and oxygen atoms in total. The Labute approximate surface area is 104 Å². The molecule has 0 aliphatic carbocycles. The number of carbonyl (C=O) groups is 1. The Kier molecular flexibility index (Phi) is 5.36. The van der Waals surface area contributed by atoms with E-state index in [2.05, 4.69) is 22.6 Å². The number of amides is 1. The van der Waals surface area contributed by atoms with E-state index >= 15 is 0 Å². The summed E-state index contributed by atoms with van der Waals surface area (Å²) in [7, 11) is 3.77. The monoisotopic (exact) mass is 243 g/mol. The van der Waals surface area contributed by atoms with Crippen molar-refractivity contribution in [2.75, 3.05) is 46.9 Å². The molecule has 1 rings (SSSR count). The lowest BCUT2D eigenvalue weighted by Gasteiger charge is -2.31. The topological polar surface area (TPSA) is 53.6 Å². The van der Waals surface area contributed by atoms with Gasteiger partial charge >= 0.3 is 0 Å². The summed E-state index contributed by atoms with van der Waals surface area (Å²) in [5.74, 6) is 0.0617. The minimum atomic E-state index is -0.380. The first-order chi connectivity index (χ1) is 7.95. The van der Waals surface area contributed by atoms with E-state index < -0.39 is 0 Å². The summed E-state index contributed by atoms with van der Waals surface area (Å²) < 4.78 is 5.65. The van der Waals surface area contributed by atoms with Gasteiger partial charge in [0.1, 0.15) is 0 Å². The molecule has 0 spiro atoms. The van der Waals surface area contributed by atoms with Crippen LogP contribution in [0.1, 0.15) is 13.8 Å². The molecule has 1 aliphatic rings. The molecular formula is C12H25N3O2. The normalized spacial score (nSPS) is 22.5. The number of likely N-dealkylation sites (N-methyl/N-ethyl adjacent to an activating group) is 1. The number of morpholine rings is 1. The van der Waals surface area contributed by atoms with Crippen LogP contribution < -0.4 is 10.6 Å². The Balaban J connectivity index is 2.25. The fraction of sp³-hybridized carbons (Fsp3) is 0.917. The van der Waals surface area contributed by atoms with Gasteiger partial charge in [-0.3, -0.25) is 4.79 Å². The van der Waals surface area contributed by atoms with Crippen LogP contribution in [0.25, 0.3) is 0 Å². The van der Waals surface area contributed by atoms with E-state index in [-0.39, 0.29) is 17.4 Å². The van der Waals surface area contributed by atoms with Gasteiger partial charge in [-0.25, -0.2) is 0 Å². The van der Waals surface area contributed by atoms with Crippen molar-refractivity contribution in [2.45, 2.75) is 20.0 Å². The Morgan fingerprint density at radius 2 is 2.24 bits per heavy atom. The molecule has 1 amide bonds. The lowest BCUT2D eigenvalue weighted by molar-refractivity contribution is -0.128. The number of hydrogen-bond acceptors (Lipinski definition) is 4. The van der Waals surface area contributed by atoms with Crippen molar-refractivity contribution < 1.29 is 9.53 Å². The molecule has 0 aromatic rings. The van der Waals surface area contributed by atoms with Crippen molar-refractivity contribution in [1.82, 2.24) is 15.5 Å². The minimum absolute atomic E-state index is 0.0617. The van der Waals surface area contributed by atoms with Crippen LogP contribution in [-0.4, -0.2) is 63.8 Å². The highest BCUT2D eigenvalue weighted by atomic mass is 16.5. The largest absolute Gasteiger partial charge is 0.374 e. The molecule has 100 valence electrons. The summed E-state index contributed by atoms with van der Waals surface area (Å²) in [5.41, 5.74) is -0.380. The third-order valence-corrected chi connectivity index (χ3v) is 3.12. The van der Waals surface area contributed by atoms with Crippen molar-refractivity contribution in [3.8, 4) is 0 Å². The smallest absolute Gasteiger partial charge is 0.226 e. The molecule has 1 fully saturated rings. The fourth-order valence-corrected chi connectivity index (χ4v) is 1.95. The quantitative estimate of drug-likeness (QED) is 0.695. The van der Waals surface area contributed by atoms with Crippen LogP contribution in [-0.2, 0) is 9.53 Å². The lowest BCUT2D eigenvalue weighted by atomic mass is 9.92. The summed E-state index contributed by atoms with van der Waals surface area (Å²) in [6.07, 6.45) is 0.231. The average Bonchev–Trinajstić information content (AvgIpc) is 2.27. The van der Waals surface area contributed by atoms with Crippen LogP contribution >= 0.6 is 0 Å². The molecule has 1 aliphatic heterocycles. The van der Waals surface area contributed by atoms with Crippen LogP contribution in [0.4, 0.5) is 0 Å². The molecule has 0 radical (unpaired) electrons. The number of hydrogen-bond donors (Lipinski definition) is 2. The maximum atomic E-state index is 11.6. The maximum Gasteiger partial charge on any atom is 0.226 e. The van der Waals surface area contributed by atoms with Gasteiger partial charge in [0.05, 0.1) is 18.1 Å². The number of ether oxygens (including phenoxy) is 1. The van der Waals surface area contributed by atoms with Gasteiger partial charge in [0, 0.05) is 33.2 Å². The molecule has 0 saturated carbocycles. The summed E-state index contributed by atoms with van der Waals surface area (Å²) in [4.78, 5) is 13.8. The van der Waals surface area contributed by atoms with E-state index in [1.807, 2.05) is 13.8 Å². The summed E-state index contributed by atoms with van der Waals surface area (Å²) >= 11 is 0. The molecule has 5 heteroatoms. The third kappa shape index (κ3) is 4.61. The predicted molar refractivity (Wildman–Crippen MR) is 68.0 cm³/mol. The fourth-order valence-electron chi connectivity index (χ4n) is 1.95. The molecule has 1 unspecified atom stereocenters. The first kappa shape index (κ1) is 14.4. The summed E-state index contributed by atoms with van der Waals surface area (Å²) in [5, 5.41) is 6.00. The van der Waals surface area contributed by atoms with Crippen molar-refractivity contribution in [1.29, 1.82) is 0 Å². The van der Waals surface area contributed by atoms with Crippen molar-refractivity contribution in [3.63, 3.8) is 0 Å². The van der Waals surface area contributed by atoms with Crippen molar-refractivity contribution in [2.24, 2.45) is 5.41 Å². The second-order valence-electron chi connectivity index (χ2n) is 5.35. The highest BCUT2D eigenvalue weighted by Gasteiger charge is 2.26. The molecule has 1 saturated heterocycles. The lowest BCUT2D eigenvalue weighted by Crippen LogP contribution is -2.48. The van der Waals surface area contributed by atoms with Crippen LogP contribution in [0.3, 0.4) is 0 Å². The molecule has 2 N–H and O–H groups in total. The zero-order valence-electron chi connectivity index (χ0n) is 11.4. The van der Waals surface area contributed by atoms with E-state index in [0.717, 1.165) is 26.2 Å². The Morgan fingerprint density at radius 3 is 2.82 bits per heavy atom. The molecule has 0 aromatic carbocycles. The molecular weight excluding hydrogens is 218 g/mol. The van der Waals surface area contributed by atoms with Gasteiger partial charge in [-0.2, -0.15) is 0 Å². The van der Waals surface area contributed by atoms with Crippen LogP contribution in [0.2, 0.25) is 0 Å². The standard InChI is InChI=1S/C12H25N3O2/c1-12(2,11(16)13-3)9-14-7-10-8-15(4)5-6-17-10/h10,14H,5-9H2,1-4H3,(H,13,16). The van der Waals surface area contributed by atoms with Gasteiger partial charge in [-0.05, 0) is 20.9 Å².